The van der Waals surface area contributed by atoms with E-state index in [4.69, 9.17) is 4.74 Å². The lowest BCUT2D eigenvalue weighted by molar-refractivity contribution is -0.113. The Morgan fingerprint density at radius 2 is 1.97 bits per heavy atom. The summed E-state index contributed by atoms with van der Waals surface area (Å²) in [5.74, 6) is 0.442. The number of hydrogen-bond acceptors (Lipinski definition) is 5. The summed E-state index contributed by atoms with van der Waals surface area (Å²) in [7, 11) is 1.74. The molecule has 8 nitrogen and oxygen atoms in total. The summed E-state index contributed by atoms with van der Waals surface area (Å²) in [6.45, 7) is 4.62. The Balaban J connectivity index is 1.68. The predicted octanol–water partition coefficient (Wildman–Crippen LogP) is 2.93. The maximum Gasteiger partial charge on any atom is 0.270 e. The average molecular weight is 455 g/mol. The third-order valence-electron chi connectivity index (χ3n) is 6.34. The van der Waals surface area contributed by atoms with E-state index >= 15 is 0 Å². The minimum Gasteiger partial charge on any atom is -0.375 e. The first-order chi connectivity index (χ1) is 15.2. The lowest BCUT2D eigenvalue weighted by Gasteiger charge is -2.36. The maximum atomic E-state index is 13.3. The molecule has 1 fully saturated rings. The van der Waals surface area contributed by atoms with Gasteiger partial charge in [0, 0.05) is 19.2 Å². The van der Waals surface area contributed by atoms with Crippen LogP contribution >= 0.6 is 11.8 Å². The third-order valence-corrected chi connectivity index (χ3v) is 7.59. The monoisotopic (exact) mass is 454 g/mol. The number of aromatic nitrogens is 3. The highest BCUT2D eigenvalue weighted by Gasteiger charge is 2.36. The predicted molar refractivity (Wildman–Crippen MR) is 125 cm³/mol. The van der Waals surface area contributed by atoms with Crippen LogP contribution in [0.3, 0.4) is 0 Å². The third kappa shape index (κ3) is 3.49. The molecule has 5 rings (SSSR count). The van der Waals surface area contributed by atoms with Gasteiger partial charge in [0.05, 0.1) is 33.7 Å². The Hall–Kier alpha value is -2.78. The number of carbonyl (C=O) groups is 1. The van der Waals surface area contributed by atoms with E-state index in [9.17, 15) is 14.4 Å². The van der Waals surface area contributed by atoms with Crippen molar-refractivity contribution in [2.24, 2.45) is 7.05 Å². The molecule has 0 radical (unpaired) electrons. The van der Waals surface area contributed by atoms with E-state index in [-0.39, 0.29) is 34.4 Å². The van der Waals surface area contributed by atoms with E-state index in [2.05, 4.69) is 10.4 Å². The molecule has 2 N–H and O–H groups in total. The van der Waals surface area contributed by atoms with Crippen molar-refractivity contribution >= 4 is 34.4 Å². The molecule has 1 saturated heterocycles. The average Bonchev–Trinajstić information content (AvgIpc) is 2.96. The number of aryl methyl sites for hydroxylation is 1. The van der Waals surface area contributed by atoms with Crippen molar-refractivity contribution in [3.05, 3.63) is 62.2 Å². The summed E-state index contributed by atoms with van der Waals surface area (Å²) in [5.41, 5.74) is 0.987. The molecular weight excluding hydrogens is 428 g/mol. The van der Waals surface area contributed by atoms with Gasteiger partial charge in [0.25, 0.3) is 11.1 Å². The topological polar surface area (TPSA) is 98.1 Å². The Bertz CT molecular complexity index is 1340. The number of rotatable bonds is 2. The number of amides is 1. The lowest BCUT2D eigenvalue weighted by atomic mass is 9.94. The van der Waals surface area contributed by atoms with Crippen molar-refractivity contribution in [1.29, 1.82) is 0 Å². The summed E-state index contributed by atoms with van der Waals surface area (Å²) in [5, 5.41) is 6.24. The number of anilines is 1. The number of ether oxygens (including phenoxy) is 1. The van der Waals surface area contributed by atoms with Crippen molar-refractivity contribution in [2.45, 2.75) is 43.6 Å². The van der Waals surface area contributed by atoms with Gasteiger partial charge < -0.3 is 14.6 Å². The van der Waals surface area contributed by atoms with Gasteiger partial charge in [0.15, 0.2) is 0 Å². The van der Waals surface area contributed by atoms with Crippen molar-refractivity contribution in [3.8, 4) is 0 Å². The van der Waals surface area contributed by atoms with Gasteiger partial charge in [-0.1, -0.05) is 18.2 Å². The number of aromatic amines is 1. The molecule has 1 amide bonds. The Morgan fingerprint density at radius 1 is 1.19 bits per heavy atom. The number of nitrogens with one attached hydrogen (secondary N) is 2. The highest BCUT2D eigenvalue weighted by molar-refractivity contribution is 8.00. The number of H-pyrrole nitrogens is 1. The van der Waals surface area contributed by atoms with Gasteiger partial charge in [-0.2, -0.15) is 0 Å². The van der Waals surface area contributed by atoms with Gasteiger partial charge in [-0.3, -0.25) is 24.2 Å². The van der Waals surface area contributed by atoms with E-state index in [1.807, 2.05) is 44.2 Å². The fraction of sp³-hybridized carbons (Fsp3) is 0.435. The highest BCUT2D eigenvalue weighted by Crippen LogP contribution is 2.41. The van der Waals surface area contributed by atoms with Crippen LogP contribution in [0.15, 0.2) is 39.9 Å². The largest absolute Gasteiger partial charge is 0.375 e. The molecule has 2 atom stereocenters. The molecule has 1 aromatic carbocycles. The Morgan fingerprint density at radius 3 is 2.75 bits per heavy atom. The summed E-state index contributed by atoms with van der Waals surface area (Å²) >= 11 is 1.31. The summed E-state index contributed by atoms with van der Waals surface area (Å²) < 4.78 is 9.22. The van der Waals surface area contributed by atoms with Crippen LogP contribution < -0.4 is 16.4 Å². The van der Waals surface area contributed by atoms with Crippen LogP contribution in [0.5, 0.6) is 0 Å². The fourth-order valence-corrected chi connectivity index (χ4v) is 5.94. The number of pyridine rings is 1. The van der Waals surface area contributed by atoms with Gasteiger partial charge in [-0.05, 0) is 44.2 Å². The van der Waals surface area contributed by atoms with Crippen LogP contribution in [0.4, 0.5) is 5.82 Å². The molecule has 2 aliphatic rings. The molecule has 32 heavy (non-hydrogen) atoms. The molecule has 2 aromatic heterocycles. The van der Waals surface area contributed by atoms with Crippen molar-refractivity contribution in [2.75, 3.05) is 17.7 Å². The molecule has 4 heterocycles. The second-order valence-corrected chi connectivity index (χ2v) is 10.2. The van der Waals surface area contributed by atoms with Gasteiger partial charge in [0.2, 0.25) is 5.91 Å². The number of nitrogens with zero attached hydrogens (tertiary/aromatic N) is 2. The first-order valence-corrected chi connectivity index (χ1v) is 11.8. The first-order valence-electron chi connectivity index (χ1n) is 10.7. The molecular formula is C23H26N4O4S. The molecule has 3 aromatic rings. The zero-order valence-electron chi connectivity index (χ0n) is 18.3. The maximum absolute atomic E-state index is 13.3. The van der Waals surface area contributed by atoms with Crippen LogP contribution in [0.2, 0.25) is 0 Å². The van der Waals surface area contributed by atoms with Crippen molar-refractivity contribution < 1.29 is 9.53 Å². The lowest BCUT2D eigenvalue weighted by Crippen LogP contribution is -2.36. The van der Waals surface area contributed by atoms with Crippen LogP contribution in [-0.2, 0) is 16.6 Å². The van der Waals surface area contributed by atoms with Crippen LogP contribution in [0, 0.1) is 0 Å². The number of benzene rings is 1. The van der Waals surface area contributed by atoms with Crippen molar-refractivity contribution in [3.63, 3.8) is 0 Å². The standard InChI is InChI=1S/C23H26N4O4S/c1-23(2)11-14(8-9-31-23)27-20-18(21(29)25-27)19(32-12-17(28)24-20)15-10-13-6-4-5-7-16(13)26(3)22(15)30/h4-7,10,14,19H,8-9,11-12H2,1-3H3,(H,24,28)(H,25,29)/t14-,19+/m1/s1. The van der Waals surface area contributed by atoms with Gasteiger partial charge >= 0.3 is 0 Å². The van der Waals surface area contributed by atoms with E-state index in [0.717, 1.165) is 17.3 Å². The molecule has 0 bridgehead atoms. The number of fused-ring (bicyclic) bond motifs is 2. The van der Waals surface area contributed by atoms with Crippen molar-refractivity contribution in [1.82, 2.24) is 14.3 Å². The molecule has 0 saturated carbocycles. The second-order valence-electron chi connectivity index (χ2n) is 9.09. The number of thioether (sulfide) groups is 1. The quantitative estimate of drug-likeness (QED) is 0.621. The minimum atomic E-state index is -0.551. The summed E-state index contributed by atoms with van der Waals surface area (Å²) in [6, 6.07) is 9.49. The van der Waals surface area contributed by atoms with Gasteiger partial charge in [0.1, 0.15) is 5.82 Å². The van der Waals surface area contributed by atoms with Gasteiger partial charge in [-0.25, -0.2) is 0 Å². The highest BCUT2D eigenvalue weighted by atomic mass is 32.2. The smallest absolute Gasteiger partial charge is 0.270 e. The summed E-state index contributed by atoms with van der Waals surface area (Å²) in [4.78, 5) is 39.1. The molecule has 0 aliphatic carbocycles. The molecule has 0 spiro atoms. The Kier molecular flexibility index (Phi) is 5.05. The second kappa shape index (κ2) is 7.67. The molecule has 2 aliphatic heterocycles. The molecule has 9 heteroatoms. The van der Waals surface area contributed by atoms with Gasteiger partial charge in [-0.15, -0.1) is 11.8 Å². The normalized spacial score (nSPS) is 22.9. The van der Waals surface area contributed by atoms with Crippen LogP contribution in [0.1, 0.15) is 49.1 Å². The zero-order chi connectivity index (χ0) is 22.6. The number of carbonyl (C=O) groups excluding carboxylic acids is 1. The fourth-order valence-electron chi connectivity index (χ4n) is 4.82. The minimum absolute atomic E-state index is 0.0151. The van der Waals surface area contributed by atoms with E-state index < -0.39 is 5.25 Å². The van der Waals surface area contributed by atoms with E-state index in [0.29, 0.717) is 30.0 Å². The SMILES string of the molecule is Cn1c(=O)c([C@@H]2SCC(=O)Nc3c2c(=O)[nH]n3[C@@H]2CCOC(C)(C)C2)cc2ccccc21. The molecule has 168 valence electrons. The number of para-hydroxylation sites is 1. The number of hydrogen-bond donors (Lipinski definition) is 2. The Labute approximate surface area is 188 Å². The summed E-state index contributed by atoms with van der Waals surface area (Å²) in [6.07, 6.45) is 1.43. The van der Waals surface area contributed by atoms with Crippen LogP contribution in [-0.4, -0.2) is 38.2 Å². The zero-order valence-corrected chi connectivity index (χ0v) is 19.1. The molecule has 0 unspecified atom stereocenters. The van der Waals surface area contributed by atoms with Crippen LogP contribution in [0.25, 0.3) is 10.9 Å². The van der Waals surface area contributed by atoms with E-state index in [1.165, 1.54) is 11.8 Å². The van der Waals surface area contributed by atoms with E-state index in [1.54, 1.807) is 16.3 Å². The first kappa shape index (κ1) is 21.1.